The van der Waals surface area contributed by atoms with Crippen molar-refractivity contribution in [3.8, 4) is 10.6 Å². The molecule has 0 unspecified atom stereocenters. The normalized spacial score (nSPS) is 13.6. The number of thioether (sulfide) groups is 2. The fourth-order valence-corrected chi connectivity index (χ4v) is 6.67. The highest BCUT2D eigenvalue weighted by Crippen LogP contribution is 2.38. The molecule has 0 atom stereocenters. The molecule has 0 aliphatic heterocycles. The number of thiazole rings is 1. The molecule has 3 aromatic rings. The van der Waals surface area contributed by atoms with Crippen molar-refractivity contribution in [2.24, 2.45) is 5.92 Å². The fraction of sp³-hybridized carbons (Fsp3) is 0.368. The molecule has 0 N–H and O–H groups in total. The SMILES string of the molecule is CCOC(=O)c1sc(-c2ccccc2)nc1CSc1nnc(SCC2CC2)s1. The van der Waals surface area contributed by atoms with Crippen LogP contribution in [0.3, 0.4) is 0 Å². The summed E-state index contributed by atoms with van der Waals surface area (Å²) in [5, 5.41) is 9.38. The smallest absolute Gasteiger partial charge is 0.350 e. The zero-order chi connectivity index (χ0) is 19.3. The Morgan fingerprint density at radius 1 is 1.14 bits per heavy atom. The molecule has 4 rings (SSSR count). The summed E-state index contributed by atoms with van der Waals surface area (Å²) in [7, 11) is 0. The van der Waals surface area contributed by atoms with E-state index in [4.69, 9.17) is 9.72 Å². The number of hydrogen-bond acceptors (Lipinski definition) is 9. The molecule has 1 aromatic carbocycles. The third-order valence-corrected chi connectivity index (χ3v) is 8.60. The molecule has 5 nitrogen and oxygen atoms in total. The second kappa shape index (κ2) is 9.39. The van der Waals surface area contributed by atoms with Gasteiger partial charge in [0.2, 0.25) is 0 Å². The van der Waals surface area contributed by atoms with Gasteiger partial charge in [-0.15, -0.1) is 21.5 Å². The zero-order valence-corrected chi connectivity index (χ0v) is 18.6. The monoisotopic (exact) mass is 449 g/mol. The predicted molar refractivity (Wildman–Crippen MR) is 116 cm³/mol. The van der Waals surface area contributed by atoms with E-state index in [0.717, 1.165) is 36.6 Å². The van der Waals surface area contributed by atoms with Crippen molar-refractivity contribution < 1.29 is 9.53 Å². The molecule has 1 fully saturated rings. The third kappa shape index (κ3) is 5.14. The van der Waals surface area contributed by atoms with Crippen molar-refractivity contribution in [3.63, 3.8) is 0 Å². The van der Waals surface area contributed by atoms with Crippen molar-refractivity contribution in [2.45, 2.75) is 34.2 Å². The van der Waals surface area contributed by atoms with Gasteiger partial charge in [0, 0.05) is 17.1 Å². The zero-order valence-electron chi connectivity index (χ0n) is 15.3. The summed E-state index contributed by atoms with van der Waals surface area (Å²) in [6.45, 7) is 2.16. The summed E-state index contributed by atoms with van der Waals surface area (Å²) in [6.07, 6.45) is 2.69. The molecular formula is C19H19N3O2S4. The Morgan fingerprint density at radius 2 is 1.89 bits per heavy atom. The van der Waals surface area contributed by atoms with Crippen LogP contribution < -0.4 is 0 Å². The molecule has 0 radical (unpaired) electrons. The van der Waals surface area contributed by atoms with Gasteiger partial charge in [-0.2, -0.15) is 0 Å². The predicted octanol–water partition coefficient (Wildman–Crippen LogP) is 5.63. The van der Waals surface area contributed by atoms with Gasteiger partial charge in [0.15, 0.2) is 8.68 Å². The van der Waals surface area contributed by atoms with E-state index in [-0.39, 0.29) is 5.97 Å². The first kappa shape index (κ1) is 19.9. The van der Waals surface area contributed by atoms with Gasteiger partial charge in [-0.05, 0) is 25.7 Å². The Morgan fingerprint density at radius 3 is 2.61 bits per heavy atom. The molecule has 9 heteroatoms. The fourth-order valence-electron chi connectivity index (χ4n) is 2.43. The topological polar surface area (TPSA) is 65.0 Å². The van der Waals surface area contributed by atoms with Gasteiger partial charge in [0.25, 0.3) is 0 Å². The van der Waals surface area contributed by atoms with E-state index >= 15 is 0 Å². The first-order chi connectivity index (χ1) is 13.7. The van der Waals surface area contributed by atoms with Crippen LogP contribution in [0.25, 0.3) is 10.6 Å². The highest BCUT2D eigenvalue weighted by Gasteiger charge is 2.23. The molecule has 2 heterocycles. The molecule has 0 spiro atoms. The van der Waals surface area contributed by atoms with Crippen LogP contribution in [-0.4, -0.2) is 33.5 Å². The average Bonchev–Trinajstić information content (AvgIpc) is 3.27. The highest BCUT2D eigenvalue weighted by atomic mass is 32.2. The number of benzene rings is 1. The van der Waals surface area contributed by atoms with E-state index in [1.165, 1.54) is 24.2 Å². The molecule has 2 aromatic heterocycles. The maximum atomic E-state index is 12.4. The van der Waals surface area contributed by atoms with Crippen LogP contribution >= 0.6 is 46.2 Å². The van der Waals surface area contributed by atoms with E-state index in [1.807, 2.05) is 37.3 Å². The number of rotatable bonds is 9. The summed E-state index contributed by atoms with van der Waals surface area (Å²) in [5.74, 6) is 2.26. The van der Waals surface area contributed by atoms with Crippen molar-refractivity contribution in [3.05, 3.63) is 40.9 Å². The van der Waals surface area contributed by atoms with Crippen LogP contribution in [0.15, 0.2) is 39.0 Å². The Balaban J connectivity index is 1.47. The van der Waals surface area contributed by atoms with Crippen LogP contribution in [-0.2, 0) is 10.5 Å². The minimum atomic E-state index is -0.310. The quantitative estimate of drug-likeness (QED) is 0.310. The van der Waals surface area contributed by atoms with Crippen LogP contribution in [0, 0.1) is 5.92 Å². The van der Waals surface area contributed by atoms with E-state index < -0.39 is 0 Å². The minimum Gasteiger partial charge on any atom is -0.462 e. The third-order valence-electron chi connectivity index (χ3n) is 4.04. The average molecular weight is 450 g/mol. The second-order valence-corrected chi connectivity index (χ2v) is 10.7. The van der Waals surface area contributed by atoms with Gasteiger partial charge in [-0.25, -0.2) is 9.78 Å². The molecule has 146 valence electrons. The standard InChI is InChI=1S/C19H19N3O2S4/c1-2-24-17(23)15-14(20-16(27-15)13-6-4-3-5-7-13)11-26-19-22-21-18(28-19)25-10-12-8-9-12/h3-7,12H,2,8-11H2,1H3. The summed E-state index contributed by atoms with van der Waals surface area (Å²) in [5.41, 5.74) is 1.75. The number of ether oxygens (including phenoxy) is 1. The Kier molecular flexibility index (Phi) is 6.66. The van der Waals surface area contributed by atoms with Gasteiger partial charge < -0.3 is 4.74 Å². The van der Waals surface area contributed by atoms with Gasteiger partial charge in [0.1, 0.15) is 9.88 Å². The van der Waals surface area contributed by atoms with Gasteiger partial charge in [0.05, 0.1) is 12.3 Å². The van der Waals surface area contributed by atoms with Crippen molar-refractivity contribution in [1.29, 1.82) is 0 Å². The van der Waals surface area contributed by atoms with E-state index in [9.17, 15) is 4.79 Å². The maximum Gasteiger partial charge on any atom is 0.350 e. The summed E-state index contributed by atoms with van der Waals surface area (Å²) < 4.78 is 7.15. The van der Waals surface area contributed by atoms with Crippen LogP contribution in [0.1, 0.15) is 35.1 Å². The minimum absolute atomic E-state index is 0.310. The molecular weight excluding hydrogens is 430 g/mol. The first-order valence-electron chi connectivity index (χ1n) is 9.04. The van der Waals surface area contributed by atoms with Gasteiger partial charge in [-0.3, -0.25) is 0 Å². The molecule has 0 saturated heterocycles. The lowest BCUT2D eigenvalue weighted by Crippen LogP contribution is -2.05. The highest BCUT2D eigenvalue weighted by molar-refractivity contribution is 8.02. The van der Waals surface area contributed by atoms with Gasteiger partial charge >= 0.3 is 5.97 Å². The van der Waals surface area contributed by atoms with E-state index in [2.05, 4.69) is 10.2 Å². The summed E-state index contributed by atoms with van der Waals surface area (Å²) in [6, 6.07) is 9.90. The lowest BCUT2D eigenvalue weighted by Gasteiger charge is -2.00. The van der Waals surface area contributed by atoms with E-state index in [1.54, 1.807) is 34.9 Å². The maximum absolute atomic E-state index is 12.4. The van der Waals surface area contributed by atoms with Crippen molar-refractivity contribution in [2.75, 3.05) is 12.4 Å². The second-order valence-electron chi connectivity index (χ2n) is 6.26. The lowest BCUT2D eigenvalue weighted by molar-refractivity contribution is 0.0531. The number of hydrogen-bond donors (Lipinski definition) is 0. The Labute approximate surface area is 180 Å². The number of esters is 1. The Hall–Kier alpha value is -1.42. The molecule has 1 aliphatic rings. The number of nitrogens with zero attached hydrogens (tertiary/aromatic N) is 3. The van der Waals surface area contributed by atoms with Crippen molar-refractivity contribution in [1.82, 2.24) is 15.2 Å². The lowest BCUT2D eigenvalue weighted by atomic mass is 10.2. The van der Waals surface area contributed by atoms with Crippen LogP contribution in [0.4, 0.5) is 0 Å². The van der Waals surface area contributed by atoms with E-state index in [0.29, 0.717) is 17.2 Å². The van der Waals surface area contributed by atoms with Crippen LogP contribution in [0.5, 0.6) is 0 Å². The molecule has 1 aliphatic carbocycles. The molecule has 0 amide bonds. The molecule has 0 bridgehead atoms. The Bertz CT molecular complexity index is 938. The molecule has 1 saturated carbocycles. The molecule has 28 heavy (non-hydrogen) atoms. The van der Waals surface area contributed by atoms with Crippen molar-refractivity contribution >= 4 is 52.2 Å². The summed E-state index contributed by atoms with van der Waals surface area (Å²) in [4.78, 5) is 17.7. The number of aromatic nitrogens is 3. The van der Waals surface area contributed by atoms with Crippen LogP contribution in [0.2, 0.25) is 0 Å². The first-order valence-corrected chi connectivity index (χ1v) is 12.6. The van der Waals surface area contributed by atoms with Gasteiger partial charge in [-0.1, -0.05) is 65.2 Å². The largest absolute Gasteiger partial charge is 0.462 e. The number of carbonyl (C=O) groups is 1. The number of carbonyl (C=O) groups excluding carboxylic acids is 1. The summed E-state index contributed by atoms with van der Waals surface area (Å²) >= 11 is 6.36.